The number of rotatable bonds is 5. The summed E-state index contributed by atoms with van der Waals surface area (Å²) >= 11 is 0. The second kappa shape index (κ2) is 7.60. The van der Waals surface area contributed by atoms with Gasteiger partial charge in [0.1, 0.15) is 17.5 Å². The minimum Gasteiger partial charge on any atom is -0.504 e. The van der Waals surface area contributed by atoms with Gasteiger partial charge < -0.3 is 19.9 Å². The summed E-state index contributed by atoms with van der Waals surface area (Å²) < 4.78 is 10.2. The zero-order valence-electron chi connectivity index (χ0n) is 12.0. The van der Waals surface area contributed by atoms with Gasteiger partial charge in [-0.1, -0.05) is 12.2 Å². The molecule has 0 saturated carbocycles. The van der Waals surface area contributed by atoms with Crippen molar-refractivity contribution in [2.24, 2.45) is 0 Å². The maximum absolute atomic E-state index is 10.9. The zero-order chi connectivity index (χ0) is 15.8. The quantitative estimate of drug-likeness (QED) is 0.638. The molecule has 110 valence electrons. The third-order valence-corrected chi connectivity index (χ3v) is 2.50. The monoisotopic (exact) mass is 288 g/mol. The first-order chi connectivity index (χ1) is 10.0. The molecule has 0 aliphatic carbocycles. The van der Waals surface area contributed by atoms with Crippen molar-refractivity contribution < 1.29 is 19.4 Å². The van der Waals surface area contributed by atoms with Crippen LogP contribution in [-0.2, 0) is 4.79 Å². The van der Waals surface area contributed by atoms with Crippen molar-refractivity contribution in [1.82, 2.24) is 5.32 Å². The predicted octanol–water partition coefficient (Wildman–Crippen LogP) is 1.97. The number of hydrogen-bond donors (Lipinski definition) is 2. The molecule has 0 fully saturated rings. The second-order valence-electron chi connectivity index (χ2n) is 4.00. The summed E-state index contributed by atoms with van der Waals surface area (Å²) in [6.45, 7) is 1.32. The molecule has 0 radical (unpaired) electrons. The molecular formula is C15H16N2O4. The number of phenols is 1. The third kappa shape index (κ3) is 4.58. The highest BCUT2D eigenvalue weighted by atomic mass is 16.5. The van der Waals surface area contributed by atoms with Crippen LogP contribution in [0.15, 0.2) is 30.0 Å². The van der Waals surface area contributed by atoms with Crippen LogP contribution >= 0.6 is 0 Å². The van der Waals surface area contributed by atoms with Crippen molar-refractivity contribution in [2.45, 2.75) is 6.92 Å². The largest absolute Gasteiger partial charge is 0.504 e. The van der Waals surface area contributed by atoms with E-state index in [9.17, 15) is 9.90 Å². The number of benzene rings is 1. The first kappa shape index (κ1) is 16.1. The SMILES string of the molecule is COc1cc(C=CC=C(C#N)NC(C)=O)c(OC)cc1O. The highest BCUT2D eigenvalue weighted by molar-refractivity contribution is 5.76. The van der Waals surface area contributed by atoms with Crippen molar-refractivity contribution in [3.8, 4) is 23.3 Å². The fourth-order valence-corrected chi connectivity index (χ4v) is 1.58. The maximum Gasteiger partial charge on any atom is 0.221 e. The lowest BCUT2D eigenvalue weighted by atomic mass is 10.1. The van der Waals surface area contributed by atoms with Crippen molar-refractivity contribution >= 4 is 12.0 Å². The number of methoxy groups -OCH3 is 2. The molecule has 6 heteroatoms. The standard InChI is InChI=1S/C15H16N2O4/c1-10(18)17-12(9-16)6-4-5-11-7-15(21-3)13(19)8-14(11)20-2/h4-8,19H,1-3H3,(H,17,18). The number of nitriles is 1. The number of phenolic OH excluding ortho intramolecular Hbond substituents is 1. The molecule has 0 heterocycles. The van der Waals surface area contributed by atoms with Crippen LogP contribution in [0.1, 0.15) is 12.5 Å². The van der Waals surface area contributed by atoms with Gasteiger partial charge in [0.15, 0.2) is 11.5 Å². The molecule has 21 heavy (non-hydrogen) atoms. The Kier molecular flexibility index (Phi) is 5.83. The lowest BCUT2D eigenvalue weighted by molar-refractivity contribution is -0.118. The minimum absolute atomic E-state index is 0.0296. The Morgan fingerprint density at radius 2 is 2.00 bits per heavy atom. The lowest BCUT2D eigenvalue weighted by Crippen LogP contribution is -2.17. The molecule has 0 bridgehead atoms. The molecular weight excluding hydrogens is 272 g/mol. The smallest absolute Gasteiger partial charge is 0.221 e. The molecule has 0 atom stereocenters. The average molecular weight is 288 g/mol. The Bertz CT molecular complexity index is 627. The molecule has 1 aromatic rings. The average Bonchev–Trinajstić information content (AvgIpc) is 2.46. The van der Waals surface area contributed by atoms with Crippen molar-refractivity contribution in [3.05, 3.63) is 35.5 Å². The first-order valence-corrected chi connectivity index (χ1v) is 6.02. The van der Waals surface area contributed by atoms with Crippen LogP contribution in [0.2, 0.25) is 0 Å². The summed E-state index contributed by atoms with van der Waals surface area (Å²) in [6, 6.07) is 4.89. The molecule has 0 spiro atoms. The molecule has 2 N–H and O–H groups in total. The number of ether oxygens (including phenoxy) is 2. The predicted molar refractivity (Wildman–Crippen MR) is 77.8 cm³/mol. The number of nitrogens with one attached hydrogen (secondary N) is 1. The van der Waals surface area contributed by atoms with E-state index in [4.69, 9.17) is 14.7 Å². The van der Waals surface area contributed by atoms with Crippen LogP contribution in [0.4, 0.5) is 0 Å². The molecule has 0 unspecified atom stereocenters. The second-order valence-corrected chi connectivity index (χ2v) is 4.00. The molecule has 0 aromatic heterocycles. The Balaban J connectivity index is 3.06. The number of hydrogen-bond acceptors (Lipinski definition) is 5. The topological polar surface area (TPSA) is 91.6 Å². The summed E-state index contributed by atoms with van der Waals surface area (Å²) in [4.78, 5) is 10.9. The molecule has 1 amide bonds. The van der Waals surface area contributed by atoms with Crippen LogP contribution < -0.4 is 14.8 Å². The summed E-state index contributed by atoms with van der Waals surface area (Å²) in [6.07, 6.45) is 4.71. The van der Waals surface area contributed by atoms with Gasteiger partial charge in [0.25, 0.3) is 0 Å². The van der Waals surface area contributed by atoms with Gasteiger partial charge in [0.2, 0.25) is 5.91 Å². The summed E-state index contributed by atoms with van der Waals surface area (Å²) in [5.74, 6) is 0.413. The van der Waals surface area contributed by atoms with Gasteiger partial charge in [0, 0.05) is 18.6 Å². The molecule has 0 saturated heterocycles. The number of aromatic hydroxyl groups is 1. The van der Waals surface area contributed by atoms with E-state index in [0.717, 1.165) is 0 Å². The van der Waals surface area contributed by atoms with E-state index < -0.39 is 0 Å². The number of nitrogens with zero attached hydrogens (tertiary/aromatic N) is 1. The van der Waals surface area contributed by atoms with Crippen molar-refractivity contribution in [1.29, 1.82) is 5.26 Å². The highest BCUT2D eigenvalue weighted by Gasteiger charge is 2.08. The fraction of sp³-hybridized carbons (Fsp3) is 0.200. The minimum atomic E-state index is -0.319. The Hall–Kier alpha value is -2.94. The van der Waals surface area contributed by atoms with E-state index in [-0.39, 0.29) is 17.4 Å². The van der Waals surface area contributed by atoms with Crippen LogP contribution in [0.25, 0.3) is 6.08 Å². The van der Waals surface area contributed by atoms with Crippen LogP contribution in [0.3, 0.4) is 0 Å². The van der Waals surface area contributed by atoms with E-state index in [2.05, 4.69) is 5.32 Å². The number of allylic oxidation sites excluding steroid dienone is 3. The summed E-state index contributed by atoms with van der Waals surface area (Å²) in [7, 11) is 2.92. The molecule has 0 aliphatic rings. The summed E-state index contributed by atoms with van der Waals surface area (Å²) in [5.41, 5.74) is 0.784. The van der Waals surface area contributed by atoms with Gasteiger partial charge in [-0.05, 0) is 12.1 Å². The van der Waals surface area contributed by atoms with Crippen molar-refractivity contribution in [3.63, 3.8) is 0 Å². The Labute approximate surface area is 122 Å². The van der Waals surface area contributed by atoms with Gasteiger partial charge in [-0.2, -0.15) is 5.26 Å². The van der Waals surface area contributed by atoms with Gasteiger partial charge in [-0.25, -0.2) is 0 Å². The first-order valence-electron chi connectivity index (χ1n) is 6.02. The van der Waals surface area contributed by atoms with Crippen LogP contribution in [-0.4, -0.2) is 25.2 Å². The van der Waals surface area contributed by atoms with E-state index in [1.807, 2.05) is 6.07 Å². The molecule has 0 aliphatic heterocycles. The zero-order valence-corrected chi connectivity index (χ0v) is 12.0. The van der Waals surface area contributed by atoms with Crippen molar-refractivity contribution in [2.75, 3.05) is 14.2 Å². The summed E-state index contributed by atoms with van der Waals surface area (Å²) in [5, 5.41) is 20.9. The third-order valence-electron chi connectivity index (χ3n) is 2.50. The molecule has 1 aromatic carbocycles. The lowest BCUT2D eigenvalue weighted by Gasteiger charge is -2.09. The van der Waals surface area contributed by atoms with E-state index in [1.165, 1.54) is 33.3 Å². The van der Waals surface area contributed by atoms with E-state index in [0.29, 0.717) is 17.1 Å². The maximum atomic E-state index is 10.9. The molecule has 1 rings (SSSR count). The van der Waals surface area contributed by atoms with Gasteiger partial charge in [-0.15, -0.1) is 0 Å². The van der Waals surface area contributed by atoms with E-state index in [1.54, 1.807) is 18.2 Å². The number of amides is 1. The van der Waals surface area contributed by atoms with E-state index >= 15 is 0 Å². The van der Waals surface area contributed by atoms with Gasteiger partial charge in [-0.3, -0.25) is 4.79 Å². The van der Waals surface area contributed by atoms with Crippen LogP contribution in [0, 0.1) is 11.3 Å². The number of carbonyl (C=O) groups excluding carboxylic acids is 1. The van der Waals surface area contributed by atoms with Gasteiger partial charge in [0.05, 0.1) is 14.2 Å². The Morgan fingerprint density at radius 3 is 2.52 bits per heavy atom. The highest BCUT2D eigenvalue weighted by Crippen LogP contribution is 2.34. The Morgan fingerprint density at radius 1 is 1.33 bits per heavy atom. The fourth-order valence-electron chi connectivity index (χ4n) is 1.58. The normalized spacial score (nSPS) is 11.0. The van der Waals surface area contributed by atoms with Gasteiger partial charge >= 0.3 is 0 Å². The van der Waals surface area contributed by atoms with Crippen LogP contribution in [0.5, 0.6) is 17.2 Å². The molecule has 6 nitrogen and oxygen atoms in total. The number of carbonyl (C=O) groups is 1.